The van der Waals surface area contributed by atoms with Crippen LogP contribution in [0.1, 0.15) is 27.8 Å². The van der Waals surface area contributed by atoms with Gasteiger partial charge in [-0.15, -0.1) is 0 Å². The number of aromatic nitrogens is 3. The first-order chi connectivity index (χ1) is 28.7. The average Bonchev–Trinajstić information content (AvgIpc) is 3.60. The standard InChI is InChI=1S/C53H32N4O/c54-33-34-25-27-48-46(29-34)53(44-23-9-7-21-42(44)43-22-8-10-24-45(43)53)47-32-40(26-28-49(47)58-48)38-18-11-17-37(30-38)39-19-12-20-41(31-39)52-56-50(35-13-3-1-4-14-35)55-51(57-52)36-15-5-2-6-16-36/h1-32H. The number of hydrogen-bond donors (Lipinski definition) is 0. The Bertz CT molecular complexity index is 3010. The van der Waals surface area contributed by atoms with E-state index in [0.29, 0.717) is 23.0 Å². The topological polar surface area (TPSA) is 71.7 Å². The van der Waals surface area contributed by atoms with Gasteiger partial charge in [-0.25, -0.2) is 15.0 Å². The van der Waals surface area contributed by atoms with E-state index in [1.54, 1.807) is 0 Å². The number of benzene rings is 8. The van der Waals surface area contributed by atoms with Crippen molar-refractivity contribution in [2.75, 3.05) is 0 Å². The lowest BCUT2D eigenvalue weighted by Gasteiger charge is -2.39. The highest BCUT2D eigenvalue weighted by atomic mass is 16.5. The molecule has 5 nitrogen and oxygen atoms in total. The number of hydrogen-bond acceptors (Lipinski definition) is 5. The summed E-state index contributed by atoms with van der Waals surface area (Å²) in [5.74, 6) is 3.44. The molecule has 9 aromatic rings. The molecule has 1 aliphatic heterocycles. The molecule has 5 heteroatoms. The Balaban J connectivity index is 1.03. The minimum atomic E-state index is -0.674. The Labute approximate surface area is 336 Å². The zero-order chi connectivity index (χ0) is 38.6. The molecule has 1 aromatic heterocycles. The zero-order valence-corrected chi connectivity index (χ0v) is 31.2. The van der Waals surface area contributed by atoms with E-state index in [1.165, 1.54) is 22.3 Å². The van der Waals surface area contributed by atoms with Gasteiger partial charge in [-0.1, -0.05) is 152 Å². The average molecular weight is 741 g/mol. The van der Waals surface area contributed by atoms with Gasteiger partial charge in [0.2, 0.25) is 0 Å². The minimum absolute atomic E-state index is 0.600. The first-order valence-electron chi connectivity index (χ1n) is 19.3. The van der Waals surface area contributed by atoms with Gasteiger partial charge in [0.1, 0.15) is 11.5 Å². The second-order valence-electron chi connectivity index (χ2n) is 14.7. The van der Waals surface area contributed by atoms with Crippen molar-refractivity contribution in [2.24, 2.45) is 0 Å². The van der Waals surface area contributed by atoms with E-state index in [1.807, 2.05) is 78.9 Å². The Morgan fingerprint density at radius 1 is 0.362 bits per heavy atom. The van der Waals surface area contributed by atoms with Crippen molar-refractivity contribution >= 4 is 0 Å². The lowest BCUT2D eigenvalue weighted by atomic mass is 9.65. The van der Waals surface area contributed by atoms with Crippen LogP contribution in [0.5, 0.6) is 11.5 Å². The van der Waals surface area contributed by atoms with Crippen molar-refractivity contribution in [3.05, 3.63) is 222 Å². The highest BCUT2D eigenvalue weighted by molar-refractivity contribution is 5.89. The van der Waals surface area contributed by atoms with Crippen LogP contribution in [0.15, 0.2) is 194 Å². The molecule has 2 aliphatic rings. The van der Waals surface area contributed by atoms with E-state index >= 15 is 0 Å². The number of nitriles is 1. The van der Waals surface area contributed by atoms with Crippen LogP contribution in [0.3, 0.4) is 0 Å². The van der Waals surface area contributed by atoms with Gasteiger partial charge in [0.25, 0.3) is 0 Å². The molecule has 2 heterocycles. The fourth-order valence-corrected chi connectivity index (χ4v) is 8.81. The third-order valence-corrected chi connectivity index (χ3v) is 11.4. The molecule has 58 heavy (non-hydrogen) atoms. The fourth-order valence-electron chi connectivity index (χ4n) is 8.81. The summed E-state index contributed by atoms with van der Waals surface area (Å²) in [7, 11) is 0. The predicted octanol–water partition coefficient (Wildman–Crippen LogP) is 12.5. The minimum Gasteiger partial charge on any atom is -0.457 e. The van der Waals surface area contributed by atoms with Crippen molar-refractivity contribution in [2.45, 2.75) is 5.41 Å². The van der Waals surface area contributed by atoms with E-state index in [9.17, 15) is 5.26 Å². The highest BCUT2D eigenvalue weighted by Gasteiger charge is 2.51. The van der Waals surface area contributed by atoms with Gasteiger partial charge in [0.05, 0.1) is 17.0 Å². The summed E-state index contributed by atoms with van der Waals surface area (Å²) < 4.78 is 6.68. The Kier molecular flexibility index (Phi) is 7.70. The van der Waals surface area contributed by atoms with Crippen LogP contribution in [-0.4, -0.2) is 15.0 Å². The van der Waals surface area contributed by atoms with E-state index in [2.05, 4.69) is 121 Å². The van der Waals surface area contributed by atoms with Crippen molar-refractivity contribution in [1.82, 2.24) is 15.0 Å². The lowest BCUT2D eigenvalue weighted by Crippen LogP contribution is -2.32. The van der Waals surface area contributed by atoms with Gasteiger partial charge >= 0.3 is 0 Å². The summed E-state index contributed by atoms with van der Waals surface area (Å²) >= 11 is 0. The quantitative estimate of drug-likeness (QED) is 0.176. The van der Waals surface area contributed by atoms with Crippen LogP contribution in [0.2, 0.25) is 0 Å². The molecule has 0 radical (unpaired) electrons. The molecule has 0 amide bonds. The predicted molar refractivity (Wildman–Crippen MR) is 229 cm³/mol. The SMILES string of the molecule is N#Cc1ccc2c(c1)C1(c3cc(-c4cccc(-c5cccc(-c6nc(-c7ccccc7)nc(-c7ccccc7)n6)c5)c4)ccc3O2)c2ccccc2-c2ccccc21. The Morgan fingerprint density at radius 3 is 1.36 bits per heavy atom. The lowest BCUT2D eigenvalue weighted by molar-refractivity contribution is 0.436. The summed E-state index contributed by atoms with van der Waals surface area (Å²) in [5, 5.41) is 10.1. The summed E-state index contributed by atoms with van der Waals surface area (Å²) in [6, 6.07) is 69.1. The van der Waals surface area contributed by atoms with Crippen molar-refractivity contribution in [1.29, 1.82) is 5.26 Å². The highest BCUT2D eigenvalue weighted by Crippen LogP contribution is 2.62. The third kappa shape index (κ3) is 5.27. The molecule has 0 fully saturated rings. The summed E-state index contributed by atoms with van der Waals surface area (Å²) in [6.07, 6.45) is 0. The molecule has 11 rings (SSSR count). The maximum Gasteiger partial charge on any atom is 0.164 e. The van der Waals surface area contributed by atoms with Crippen LogP contribution < -0.4 is 4.74 Å². The summed E-state index contributed by atoms with van der Waals surface area (Å²) in [5.41, 5.74) is 13.7. The maximum atomic E-state index is 10.1. The van der Waals surface area contributed by atoms with E-state index in [0.717, 1.165) is 61.6 Å². The van der Waals surface area contributed by atoms with Crippen LogP contribution in [0, 0.1) is 11.3 Å². The molecular formula is C53H32N4O. The van der Waals surface area contributed by atoms with E-state index in [4.69, 9.17) is 19.7 Å². The van der Waals surface area contributed by atoms with Crippen LogP contribution in [-0.2, 0) is 5.41 Å². The largest absolute Gasteiger partial charge is 0.457 e. The molecule has 0 N–H and O–H groups in total. The third-order valence-electron chi connectivity index (χ3n) is 11.4. The van der Waals surface area contributed by atoms with Crippen molar-refractivity contribution < 1.29 is 4.74 Å². The second-order valence-corrected chi connectivity index (χ2v) is 14.7. The second kappa shape index (κ2) is 13.4. The van der Waals surface area contributed by atoms with Gasteiger partial charge in [-0.05, 0) is 87.0 Å². The van der Waals surface area contributed by atoms with Crippen LogP contribution >= 0.6 is 0 Å². The molecule has 1 aliphatic carbocycles. The van der Waals surface area contributed by atoms with Crippen molar-refractivity contribution in [3.63, 3.8) is 0 Å². The molecule has 8 aromatic carbocycles. The molecule has 0 unspecified atom stereocenters. The molecule has 270 valence electrons. The number of ether oxygens (including phenoxy) is 1. The zero-order valence-electron chi connectivity index (χ0n) is 31.2. The molecule has 1 spiro atoms. The molecule has 0 saturated heterocycles. The smallest absolute Gasteiger partial charge is 0.164 e. The summed E-state index contributed by atoms with van der Waals surface area (Å²) in [6.45, 7) is 0. The van der Waals surface area contributed by atoms with Gasteiger partial charge < -0.3 is 4.74 Å². The van der Waals surface area contributed by atoms with Gasteiger partial charge in [0.15, 0.2) is 17.5 Å². The first-order valence-corrected chi connectivity index (χ1v) is 19.3. The van der Waals surface area contributed by atoms with Crippen LogP contribution in [0.25, 0.3) is 67.5 Å². The van der Waals surface area contributed by atoms with E-state index in [-0.39, 0.29) is 0 Å². The fraction of sp³-hybridized carbons (Fsp3) is 0.0189. The molecule has 0 saturated carbocycles. The number of rotatable bonds is 5. The van der Waals surface area contributed by atoms with Gasteiger partial charge in [0, 0.05) is 27.8 Å². The van der Waals surface area contributed by atoms with Crippen molar-refractivity contribution in [3.8, 4) is 85.1 Å². The normalized spacial score (nSPS) is 12.7. The Morgan fingerprint density at radius 2 is 0.793 bits per heavy atom. The van der Waals surface area contributed by atoms with Crippen LogP contribution in [0.4, 0.5) is 0 Å². The van der Waals surface area contributed by atoms with Gasteiger partial charge in [-0.3, -0.25) is 0 Å². The Hall–Kier alpha value is -7.94. The molecular weight excluding hydrogens is 709 g/mol. The van der Waals surface area contributed by atoms with E-state index < -0.39 is 5.41 Å². The molecule has 0 atom stereocenters. The number of nitrogens with zero attached hydrogens (tertiary/aromatic N) is 4. The maximum absolute atomic E-state index is 10.1. The number of fused-ring (bicyclic) bond motifs is 9. The van der Waals surface area contributed by atoms with Gasteiger partial charge in [-0.2, -0.15) is 5.26 Å². The monoisotopic (exact) mass is 740 g/mol. The first kappa shape index (κ1) is 33.4. The molecule has 0 bridgehead atoms. The summed E-state index contributed by atoms with van der Waals surface area (Å²) in [4.78, 5) is 14.8.